The van der Waals surface area contributed by atoms with Crippen molar-refractivity contribution in [3.63, 3.8) is 0 Å². The molecule has 2 aromatic rings. The van der Waals surface area contributed by atoms with Gasteiger partial charge in [-0.05, 0) is 35.1 Å². The van der Waals surface area contributed by atoms with Crippen LogP contribution in [0, 0.1) is 3.57 Å². The second-order valence-corrected chi connectivity index (χ2v) is 4.89. The van der Waals surface area contributed by atoms with Gasteiger partial charge in [-0.15, -0.1) is 0 Å². The van der Waals surface area contributed by atoms with E-state index in [0.717, 1.165) is 5.56 Å². The maximum absolute atomic E-state index is 11.7. The third-order valence-corrected chi connectivity index (χ3v) is 3.39. The van der Waals surface area contributed by atoms with E-state index in [1.165, 1.54) is 4.57 Å². The SMILES string of the molecule is CC(c1ccccc1)n1cc(I)c(=O)[nH]c1=O. The Hall–Kier alpha value is -1.37. The van der Waals surface area contributed by atoms with Gasteiger partial charge < -0.3 is 0 Å². The summed E-state index contributed by atoms with van der Waals surface area (Å²) < 4.78 is 2.03. The second kappa shape index (κ2) is 4.87. The van der Waals surface area contributed by atoms with Crippen LogP contribution in [0.15, 0.2) is 46.1 Å². The number of benzene rings is 1. The Kier molecular flexibility index (Phi) is 3.46. The van der Waals surface area contributed by atoms with E-state index in [9.17, 15) is 9.59 Å². The summed E-state index contributed by atoms with van der Waals surface area (Å²) in [5.41, 5.74) is 0.302. The van der Waals surface area contributed by atoms with E-state index in [4.69, 9.17) is 0 Å². The summed E-state index contributed by atoms with van der Waals surface area (Å²) in [5.74, 6) is 0. The first-order chi connectivity index (χ1) is 8.09. The molecule has 17 heavy (non-hydrogen) atoms. The Morgan fingerprint density at radius 2 is 1.88 bits per heavy atom. The van der Waals surface area contributed by atoms with Crippen LogP contribution in [0.5, 0.6) is 0 Å². The van der Waals surface area contributed by atoms with Crippen LogP contribution in [0.3, 0.4) is 0 Å². The molecule has 4 nitrogen and oxygen atoms in total. The normalized spacial score (nSPS) is 12.4. The molecule has 0 saturated carbocycles. The van der Waals surface area contributed by atoms with Crippen LogP contribution in [-0.4, -0.2) is 9.55 Å². The highest BCUT2D eigenvalue weighted by molar-refractivity contribution is 14.1. The number of rotatable bonds is 2. The van der Waals surface area contributed by atoms with Crippen molar-refractivity contribution in [3.8, 4) is 0 Å². The third kappa shape index (κ3) is 2.49. The van der Waals surface area contributed by atoms with Crippen LogP contribution in [0.1, 0.15) is 18.5 Å². The summed E-state index contributed by atoms with van der Waals surface area (Å²) >= 11 is 1.92. The maximum atomic E-state index is 11.7. The number of nitrogens with zero attached hydrogens (tertiary/aromatic N) is 1. The Labute approximate surface area is 111 Å². The minimum absolute atomic E-state index is 0.103. The van der Waals surface area contributed by atoms with Crippen LogP contribution in [0.2, 0.25) is 0 Å². The van der Waals surface area contributed by atoms with Gasteiger partial charge in [-0.1, -0.05) is 30.3 Å². The van der Waals surface area contributed by atoms with Gasteiger partial charge in [-0.2, -0.15) is 0 Å². The molecule has 1 atom stereocenters. The van der Waals surface area contributed by atoms with E-state index in [1.807, 2.05) is 59.8 Å². The van der Waals surface area contributed by atoms with Gasteiger partial charge in [0.1, 0.15) is 0 Å². The molecule has 1 heterocycles. The maximum Gasteiger partial charge on any atom is 0.328 e. The van der Waals surface area contributed by atoms with Gasteiger partial charge in [0, 0.05) is 6.20 Å². The summed E-state index contributed by atoms with van der Waals surface area (Å²) in [6.45, 7) is 1.92. The Morgan fingerprint density at radius 1 is 1.24 bits per heavy atom. The van der Waals surface area contributed by atoms with Crippen LogP contribution >= 0.6 is 22.6 Å². The first kappa shape index (κ1) is 12.1. The molecule has 0 aliphatic heterocycles. The molecule has 88 valence electrons. The second-order valence-electron chi connectivity index (χ2n) is 3.73. The molecule has 0 spiro atoms. The number of aromatic amines is 1. The van der Waals surface area contributed by atoms with Crippen molar-refractivity contribution in [1.29, 1.82) is 0 Å². The molecule has 1 unspecified atom stereocenters. The fourth-order valence-corrected chi connectivity index (χ4v) is 2.08. The van der Waals surface area contributed by atoms with Crippen LogP contribution in [0.25, 0.3) is 0 Å². The third-order valence-electron chi connectivity index (χ3n) is 2.62. The fraction of sp³-hybridized carbons (Fsp3) is 0.167. The number of hydrogen-bond donors (Lipinski definition) is 1. The molecule has 0 aliphatic rings. The number of H-pyrrole nitrogens is 1. The van der Waals surface area contributed by atoms with Crippen LogP contribution in [0.4, 0.5) is 0 Å². The lowest BCUT2D eigenvalue weighted by atomic mass is 10.1. The van der Waals surface area contributed by atoms with Crippen LogP contribution < -0.4 is 11.2 Å². The van der Waals surface area contributed by atoms with E-state index >= 15 is 0 Å². The lowest BCUT2D eigenvalue weighted by Gasteiger charge is -2.14. The molecular formula is C12H11IN2O2. The molecule has 2 rings (SSSR count). The summed E-state index contributed by atoms with van der Waals surface area (Å²) in [6.07, 6.45) is 1.58. The fourth-order valence-electron chi connectivity index (χ4n) is 1.64. The van der Waals surface area contributed by atoms with Crippen molar-refractivity contribution in [1.82, 2.24) is 9.55 Å². The van der Waals surface area contributed by atoms with Crippen LogP contribution in [-0.2, 0) is 0 Å². The zero-order chi connectivity index (χ0) is 12.4. The monoisotopic (exact) mass is 342 g/mol. The van der Waals surface area contributed by atoms with Crippen molar-refractivity contribution in [2.75, 3.05) is 0 Å². The zero-order valence-electron chi connectivity index (χ0n) is 9.18. The van der Waals surface area contributed by atoms with E-state index in [2.05, 4.69) is 4.98 Å². The summed E-state index contributed by atoms with van der Waals surface area (Å²) in [4.78, 5) is 25.3. The molecule has 0 bridgehead atoms. The highest BCUT2D eigenvalue weighted by Gasteiger charge is 2.10. The first-order valence-electron chi connectivity index (χ1n) is 5.15. The van der Waals surface area contributed by atoms with Gasteiger partial charge in [-0.3, -0.25) is 14.3 Å². The van der Waals surface area contributed by atoms with Crippen molar-refractivity contribution in [3.05, 3.63) is 66.5 Å². The number of hydrogen-bond acceptors (Lipinski definition) is 2. The molecule has 5 heteroatoms. The largest absolute Gasteiger partial charge is 0.328 e. The predicted octanol–water partition coefficient (Wildman–Crippen LogP) is 1.75. The molecule has 0 amide bonds. The van der Waals surface area contributed by atoms with Crippen molar-refractivity contribution < 1.29 is 0 Å². The van der Waals surface area contributed by atoms with E-state index in [1.54, 1.807) is 6.20 Å². The predicted molar refractivity (Wildman–Crippen MR) is 74.3 cm³/mol. The molecule has 0 fully saturated rings. The standard InChI is InChI=1S/C12H11IN2O2/c1-8(9-5-3-2-4-6-9)15-7-10(13)11(16)14-12(15)17/h2-8H,1H3,(H,14,16,17). The quantitative estimate of drug-likeness (QED) is 0.846. The van der Waals surface area contributed by atoms with Crippen molar-refractivity contribution in [2.45, 2.75) is 13.0 Å². The van der Waals surface area contributed by atoms with Gasteiger partial charge >= 0.3 is 5.69 Å². The average Bonchev–Trinajstić information content (AvgIpc) is 2.34. The smallest absolute Gasteiger partial charge is 0.292 e. The summed E-state index contributed by atoms with van der Waals surface area (Å²) in [7, 11) is 0. The highest BCUT2D eigenvalue weighted by atomic mass is 127. The van der Waals surface area contributed by atoms with Gasteiger partial charge in [0.15, 0.2) is 0 Å². The number of nitrogens with one attached hydrogen (secondary N) is 1. The average molecular weight is 342 g/mol. The Balaban J connectivity index is 2.52. The summed E-state index contributed by atoms with van der Waals surface area (Å²) in [6, 6.07) is 9.58. The van der Waals surface area contributed by atoms with E-state index in [0.29, 0.717) is 3.57 Å². The topological polar surface area (TPSA) is 54.9 Å². The van der Waals surface area contributed by atoms with E-state index < -0.39 is 0 Å². The molecule has 1 aromatic carbocycles. The van der Waals surface area contributed by atoms with E-state index in [-0.39, 0.29) is 17.3 Å². The lowest BCUT2D eigenvalue weighted by molar-refractivity contribution is 0.591. The Bertz CT molecular complexity index is 631. The molecule has 1 N–H and O–H groups in total. The molecule has 0 saturated heterocycles. The van der Waals surface area contributed by atoms with Crippen molar-refractivity contribution >= 4 is 22.6 Å². The van der Waals surface area contributed by atoms with Gasteiger partial charge in [0.25, 0.3) is 5.56 Å². The van der Waals surface area contributed by atoms with Crippen molar-refractivity contribution in [2.24, 2.45) is 0 Å². The minimum Gasteiger partial charge on any atom is -0.292 e. The highest BCUT2D eigenvalue weighted by Crippen LogP contribution is 2.15. The number of halogens is 1. The van der Waals surface area contributed by atoms with Gasteiger partial charge in [-0.25, -0.2) is 4.79 Å². The minimum atomic E-state index is -0.383. The summed E-state index contributed by atoms with van der Waals surface area (Å²) in [5, 5.41) is 0. The lowest BCUT2D eigenvalue weighted by Crippen LogP contribution is -2.32. The first-order valence-corrected chi connectivity index (χ1v) is 6.23. The molecule has 0 aliphatic carbocycles. The van der Waals surface area contributed by atoms with Gasteiger partial charge in [0.05, 0.1) is 9.61 Å². The molecular weight excluding hydrogens is 331 g/mol. The number of aromatic nitrogens is 2. The molecule has 0 radical (unpaired) electrons. The molecule has 1 aromatic heterocycles. The zero-order valence-corrected chi connectivity index (χ0v) is 11.3. The Morgan fingerprint density at radius 3 is 2.53 bits per heavy atom. The van der Waals surface area contributed by atoms with Gasteiger partial charge in [0.2, 0.25) is 0 Å².